The van der Waals surface area contributed by atoms with Crippen LogP contribution >= 0.6 is 22.6 Å². The van der Waals surface area contributed by atoms with Crippen molar-refractivity contribution in [1.29, 1.82) is 0 Å². The third-order valence-corrected chi connectivity index (χ3v) is 5.25. The Labute approximate surface area is 108 Å². The number of hydrogen-bond acceptors (Lipinski definition) is 0. The zero-order chi connectivity index (χ0) is 10.7. The van der Waals surface area contributed by atoms with Crippen molar-refractivity contribution in [3.63, 3.8) is 0 Å². The van der Waals surface area contributed by atoms with Crippen LogP contribution in [0.25, 0.3) is 0 Å². The van der Waals surface area contributed by atoms with Crippen LogP contribution in [0.5, 0.6) is 0 Å². The predicted octanol–water partition coefficient (Wildman–Crippen LogP) is 5.12. The largest absolute Gasteiger partial charge is 0.0826 e. The molecule has 0 nitrogen and oxygen atoms in total. The molecule has 0 heterocycles. The Bertz CT molecular complexity index is 223. The van der Waals surface area contributed by atoms with Gasteiger partial charge >= 0.3 is 0 Å². The van der Waals surface area contributed by atoms with Crippen LogP contribution in [0.3, 0.4) is 0 Å². The molecule has 1 heteroatoms. The maximum Gasteiger partial charge on any atom is 0.0110 e. The molecule has 1 fully saturated rings. The number of allylic oxidation sites excluding steroid dienone is 2. The van der Waals surface area contributed by atoms with E-state index in [1.165, 1.54) is 51.4 Å². The van der Waals surface area contributed by atoms with Crippen molar-refractivity contribution in [3.8, 4) is 0 Å². The highest BCUT2D eigenvalue weighted by atomic mass is 127. The molecule has 86 valence electrons. The molecule has 0 aliphatic heterocycles. The summed E-state index contributed by atoms with van der Waals surface area (Å²) in [5.74, 6) is 1.88. The first-order chi connectivity index (χ1) is 7.24. The topological polar surface area (TPSA) is 0 Å². The summed E-state index contributed by atoms with van der Waals surface area (Å²) in [4.78, 5) is 0. The fourth-order valence-corrected chi connectivity index (χ4v) is 3.81. The van der Waals surface area contributed by atoms with Crippen LogP contribution in [0.15, 0.2) is 11.6 Å². The van der Waals surface area contributed by atoms with Crippen LogP contribution in [-0.4, -0.2) is 3.92 Å². The number of rotatable bonds is 2. The molecule has 0 aromatic heterocycles. The molecule has 0 radical (unpaired) electrons. The Kier molecular flexibility index (Phi) is 4.53. The van der Waals surface area contributed by atoms with E-state index < -0.39 is 0 Å². The summed E-state index contributed by atoms with van der Waals surface area (Å²) < 4.78 is 0.970. The molecule has 1 unspecified atom stereocenters. The van der Waals surface area contributed by atoms with Crippen LogP contribution in [0.2, 0.25) is 0 Å². The van der Waals surface area contributed by atoms with Gasteiger partial charge < -0.3 is 0 Å². The first kappa shape index (κ1) is 11.9. The molecule has 0 saturated heterocycles. The molecule has 0 aromatic carbocycles. The van der Waals surface area contributed by atoms with Crippen LogP contribution in [0.1, 0.15) is 58.3 Å². The summed E-state index contributed by atoms with van der Waals surface area (Å²) in [5.41, 5.74) is 1.78. The van der Waals surface area contributed by atoms with Crippen LogP contribution < -0.4 is 0 Å². The van der Waals surface area contributed by atoms with E-state index >= 15 is 0 Å². The Morgan fingerprint density at radius 2 is 1.93 bits per heavy atom. The van der Waals surface area contributed by atoms with Crippen LogP contribution in [-0.2, 0) is 0 Å². The molecule has 1 saturated carbocycles. The maximum atomic E-state index is 2.63. The van der Waals surface area contributed by atoms with Gasteiger partial charge in [-0.1, -0.05) is 41.2 Å². The van der Waals surface area contributed by atoms with Crippen molar-refractivity contribution < 1.29 is 0 Å². The predicted molar refractivity (Wildman–Crippen MR) is 75.5 cm³/mol. The van der Waals surface area contributed by atoms with E-state index in [9.17, 15) is 0 Å². The maximum absolute atomic E-state index is 2.63. The van der Waals surface area contributed by atoms with Crippen molar-refractivity contribution in [1.82, 2.24) is 0 Å². The monoisotopic (exact) mass is 318 g/mol. The highest BCUT2D eigenvalue weighted by Gasteiger charge is 2.21. The molecule has 0 bridgehead atoms. The van der Waals surface area contributed by atoms with Gasteiger partial charge in [0.1, 0.15) is 0 Å². The molecular weight excluding hydrogens is 295 g/mol. The molecule has 2 rings (SSSR count). The van der Waals surface area contributed by atoms with Gasteiger partial charge in [-0.2, -0.15) is 0 Å². The minimum Gasteiger partial charge on any atom is -0.0826 e. The third kappa shape index (κ3) is 3.76. The van der Waals surface area contributed by atoms with E-state index in [2.05, 4.69) is 35.6 Å². The molecule has 2 aliphatic rings. The molecule has 0 N–H and O–H groups in total. The SMILES string of the molecule is CC1C=C(CC2CCC(I)CC2)CCC1. The average Bonchev–Trinajstić information content (AvgIpc) is 2.22. The van der Waals surface area contributed by atoms with Gasteiger partial charge in [-0.15, -0.1) is 0 Å². The van der Waals surface area contributed by atoms with Crippen molar-refractivity contribution in [2.45, 2.75) is 62.2 Å². The summed E-state index contributed by atoms with van der Waals surface area (Å²) in [5, 5.41) is 0. The number of halogens is 1. The molecule has 0 aromatic rings. The van der Waals surface area contributed by atoms with Crippen molar-refractivity contribution in [3.05, 3.63) is 11.6 Å². The van der Waals surface area contributed by atoms with E-state index in [-0.39, 0.29) is 0 Å². The Morgan fingerprint density at radius 3 is 2.60 bits per heavy atom. The van der Waals surface area contributed by atoms with Gasteiger partial charge in [-0.3, -0.25) is 0 Å². The normalized spacial score (nSPS) is 37.5. The lowest BCUT2D eigenvalue weighted by Gasteiger charge is -2.27. The quantitative estimate of drug-likeness (QED) is 0.377. The summed E-state index contributed by atoms with van der Waals surface area (Å²) in [7, 11) is 0. The average molecular weight is 318 g/mol. The second kappa shape index (κ2) is 5.70. The fraction of sp³-hybridized carbons (Fsp3) is 0.857. The Balaban J connectivity index is 1.81. The number of alkyl halides is 1. The van der Waals surface area contributed by atoms with Gasteiger partial charge in [0.15, 0.2) is 0 Å². The first-order valence-electron chi connectivity index (χ1n) is 6.57. The molecule has 15 heavy (non-hydrogen) atoms. The van der Waals surface area contributed by atoms with Gasteiger partial charge in [0.25, 0.3) is 0 Å². The van der Waals surface area contributed by atoms with E-state index in [0.717, 1.165) is 15.8 Å². The molecule has 0 amide bonds. The highest BCUT2D eigenvalue weighted by Crippen LogP contribution is 2.35. The first-order valence-corrected chi connectivity index (χ1v) is 7.82. The molecule has 1 atom stereocenters. The van der Waals surface area contributed by atoms with E-state index in [1.54, 1.807) is 5.57 Å². The lowest BCUT2D eigenvalue weighted by Crippen LogP contribution is -2.15. The Hall–Kier alpha value is 0.470. The van der Waals surface area contributed by atoms with Gasteiger partial charge in [-0.25, -0.2) is 0 Å². The standard InChI is InChI=1S/C14H23I/c1-11-3-2-4-13(9-11)10-12-5-7-14(15)8-6-12/h9,11-12,14H,2-8,10H2,1H3. The fourth-order valence-electron chi connectivity index (χ4n) is 3.09. The summed E-state index contributed by atoms with van der Waals surface area (Å²) in [6.07, 6.45) is 14.2. The zero-order valence-electron chi connectivity index (χ0n) is 9.84. The lowest BCUT2D eigenvalue weighted by atomic mass is 9.81. The lowest BCUT2D eigenvalue weighted by molar-refractivity contribution is 0.361. The number of hydrogen-bond donors (Lipinski definition) is 0. The van der Waals surface area contributed by atoms with E-state index in [0.29, 0.717) is 0 Å². The van der Waals surface area contributed by atoms with Gasteiger partial charge in [0.05, 0.1) is 0 Å². The third-order valence-electron chi connectivity index (χ3n) is 4.00. The zero-order valence-corrected chi connectivity index (χ0v) is 12.0. The van der Waals surface area contributed by atoms with Gasteiger partial charge in [-0.05, 0) is 63.2 Å². The second-order valence-corrected chi connectivity index (χ2v) is 7.28. The summed E-state index contributed by atoms with van der Waals surface area (Å²) in [6.45, 7) is 2.38. The molecule has 0 spiro atoms. The van der Waals surface area contributed by atoms with Crippen molar-refractivity contribution in [2.75, 3.05) is 0 Å². The minimum atomic E-state index is 0.856. The smallest absolute Gasteiger partial charge is 0.0110 e. The van der Waals surface area contributed by atoms with Crippen molar-refractivity contribution in [2.24, 2.45) is 11.8 Å². The van der Waals surface area contributed by atoms with Gasteiger partial charge in [0.2, 0.25) is 0 Å². The van der Waals surface area contributed by atoms with E-state index in [1.807, 2.05) is 0 Å². The van der Waals surface area contributed by atoms with Gasteiger partial charge in [0, 0.05) is 3.92 Å². The minimum absolute atomic E-state index is 0.856. The molecular formula is C14H23I. The second-order valence-electron chi connectivity index (χ2n) is 5.52. The highest BCUT2D eigenvalue weighted by molar-refractivity contribution is 14.1. The van der Waals surface area contributed by atoms with Crippen molar-refractivity contribution >= 4 is 22.6 Å². The van der Waals surface area contributed by atoms with E-state index in [4.69, 9.17) is 0 Å². The van der Waals surface area contributed by atoms with Crippen LogP contribution in [0, 0.1) is 11.8 Å². The molecule has 2 aliphatic carbocycles. The van der Waals surface area contributed by atoms with Crippen LogP contribution in [0.4, 0.5) is 0 Å². The summed E-state index contributed by atoms with van der Waals surface area (Å²) >= 11 is 2.63. The summed E-state index contributed by atoms with van der Waals surface area (Å²) in [6, 6.07) is 0. The Morgan fingerprint density at radius 1 is 1.20 bits per heavy atom.